The van der Waals surface area contributed by atoms with Crippen molar-refractivity contribution in [3.8, 4) is 0 Å². The van der Waals surface area contributed by atoms with E-state index in [1.165, 1.54) is 0 Å². The van der Waals surface area contributed by atoms with Gasteiger partial charge in [-0.05, 0) is 45.2 Å². The van der Waals surface area contributed by atoms with E-state index in [-0.39, 0.29) is 17.9 Å². The number of carbonyl (C=O) groups excluding carboxylic acids is 1. The maximum Gasteiger partial charge on any atom is 0.307 e. The fourth-order valence-electron chi connectivity index (χ4n) is 3.77. The number of aliphatic carboxylic acids is 1. The predicted octanol–water partition coefficient (Wildman–Crippen LogP) is 1.87. The molecule has 0 aromatic carbocycles. The first kappa shape index (κ1) is 16.3. The lowest BCUT2D eigenvalue weighted by Gasteiger charge is -2.39. The molecule has 1 heterocycles. The van der Waals surface area contributed by atoms with Crippen LogP contribution in [0.4, 0.5) is 0 Å². The van der Waals surface area contributed by atoms with Crippen LogP contribution in [0.1, 0.15) is 51.9 Å². The number of rotatable bonds is 5. The summed E-state index contributed by atoms with van der Waals surface area (Å²) in [6.45, 7) is 4.74. The van der Waals surface area contributed by atoms with E-state index < -0.39 is 11.9 Å². The highest BCUT2D eigenvalue weighted by Gasteiger charge is 2.39. The molecule has 0 radical (unpaired) electrons. The lowest BCUT2D eigenvalue weighted by Crippen LogP contribution is -2.50. The van der Waals surface area contributed by atoms with Gasteiger partial charge in [0, 0.05) is 12.6 Å². The van der Waals surface area contributed by atoms with E-state index in [0.29, 0.717) is 6.42 Å². The molecule has 0 aromatic heterocycles. The van der Waals surface area contributed by atoms with E-state index in [1.54, 1.807) is 0 Å². The first-order chi connectivity index (χ1) is 10.1. The third-order valence-electron chi connectivity index (χ3n) is 4.90. The molecule has 0 bridgehead atoms. The van der Waals surface area contributed by atoms with Crippen LogP contribution in [0.2, 0.25) is 0 Å². The van der Waals surface area contributed by atoms with Crippen molar-refractivity contribution in [1.29, 1.82) is 0 Å². The standard InChI is InChI=1S/C16H28N2O3/c1-2-11-18(12-7-9-17-10-8-12)15(19)13-5-3-4-6-14(13)16(20)21/h12-14,17H,2-11H2,1H3,(H,20,21). The molecule has 1 saturated carbocycles. The number of nitrogens with zero attached hydrogens (tertiary/aromatic N) is 1. The minimum Gasteiger partial charge on any atom is -0.481 e. The Morgan fingerprint density at radius 3 is 2.29 bits per heavy atom. The third kappa shape index (κ3) is 3.96. The number of carboxylic acids is 1. The number of hydrogen-bond acceptors (Lipinski definition) is 3. The zero-order chi connectivity index (χ0) is 15.2. The Kier molecular flexibility index (Phi) is 6.03. The van der Waals surface area contributed by atoms with Crippen LogP contribution in [-0.2, 0) is 9.59 Å². The molecular weight excluding hydrogens is 268 g/mol. The van der Waals surface area contributed by atoms with Crippen LogP contribution in [0.15, 0.2) is 0 Å². The minimum atomic E-state index is -0.796. The largest absolute Gasteiger partial charge is 0.481 e. The molecule has 2 aliphatic rings. The van der Waals surface area contributed by atoms with Gasteiger partial charge in [0.05, 0.1) is 11.8 Å². The number of piperidine rings is 1. The van der Waals surface area contributed by atoms with Gasteiger partial charge in [-0.2, -0.15) is 0 Å². The molecule has 5 heteroatoms. The van der Waals surface area contributed by atoms with Gasteiger partial charge in [0.15, 0.2) is 0 Å². The van der Waals surface area contributed by atoms with Crippen molar-refractivity contribution < 1.29 is 14.7 Å². The molecule has 1 aliphatic carbocycles. The quantitative estimate of drug-likeness (QED) is 0.812. The third-order valence-corrected chi connectivity index (χ3v) is 4.90. The Hall–Kier alpha value is -1.10. The van der Waals surface area contributed by atoms with E-state index in [0.717, 1.165) is 58.2 Å². The number of carbonyl (C=O) groups is 2. The fourth-order valence-corrected chi connectivity index (χ4v) is 3.77. The van der Waals surface area contributed by atoms with E-state index in [2.05, 4.69) is 12.2 Å². The number of hydrogen-bond donors (Lipinski definition) is 2. The molecule has 0 spiro atoms. The Morgan fingerprint density at radius 2 is 1.71 bits per heavy atom. The van der Waals surface area contributed by atoms with Crippen molar-refractivity contribution in [3.63, 3.8) is 0 Å². The second-order valence-electron chi connectivity index (χ2n) is 6.35. The zero-order valence-corrected chi connectivity index (χ0v) is 13.0. The maximum atomic E-state index is 12.9. The number of amides is 1. The lowest BCUT2D eigenvalue weighted by molar-refractivity contribution is -0.153. The summed E-state index contributed by atoms with van der Waals surface area (Å²) < 4.78 is 0. The molecular formula is C16H28N2O3. The van der Waals surface area contributed by atoms with Gasteiger partial charge >= 0.3 is 5.97 Å². The van der Waals surface area contributed by atoms with E-state index in [1.807, 2.05) is 4.90 Å². The minimum absolute atomic E-state index is 0.0934. The summed E-state index contributed by atoms with van der Waals surface area (Å²) in [6, 6.07) is 0.287. The maximum absolute atomic E-state index is 12.9. The zero-order valence-electron chi connectivity index (χ0n) is 13.0. The van der Waals surface area contributed by atoms with Gasteiger partial charge in [0.2, 0.25) is 5.91 Å². The molecule has 1 aliphatic heterocycles. The van der Waals surface area contributed by atoms with Crippen LogP contribution in [-0.4, -0.2) is 47.6 Å². The van der Waals surface area contributed by atoms with Crippen LogP contribution in [0.25, 0.3) is 0 Å². The Morgan fingerprint density at radius 1 is 1.10 bits per heavy atom. The second kappa shape index (κ2) is 7.78. The molecule has 2 rings (SSSR count). The molecule has 21 heavy (non-hydrogen) atoms. The summed E-state index contributed by atoms with van der Waals surface area (Å²) in [7, 11) is 0. The van der Waals surface area contributed by atoms with E-state index in [9.17, 15) is 14.7 Å². The van der Waals surface area contributed by atoms with Crippen molar-refractivity contribution in [3.05, 3.63) is 0 Å². The van der Waals surface area contributed by atoms with Gasteiger partial charge in [0.1, 0.15) is 0 Å². The smallest absolute Gasteiger partial charge is 0.307 e. The average molecular weight is 296 g/mol. The Bertz CT molecular complexity index is 367. The SMILES string of the molecule is CCCN(C(=O)C1CCCCC1C(=O)O)C1CCNCC1. The normalized spacial score (nSPS) is 27.3. The summed E-state index contributed by atoms with van der Waals surface area (Å²) in [5.41, 5.74) is 0. The van der Waals surface area contributed by atoms with Gasteiger partial charge < -0.3 is 15.3 Å². The molecule has 2 unspecified atom stereocenters. The lowest BCUT2D eigenvalue weighted by atomic mass is 9.78. The monoisotopic (exact) mass is 296 g/mol. The predicted molar refractivity (Wildman–Crippen MR) is 81.0 cm³/mol. The van der Waals surface area contributed by atoms with Gasteiger partial charge in [-0.3, -0.25) is 9.59 Å². The van der Waals surface area contributed by atoms with E-state index >= 15 is 0 Å². The van der Waals surface area contributed by atoms with E-state index in [4.69, 9.17) is 0 Å². The van der Waals surface area contributed by atoms with Gasteiger partial charge in [-0.25, -0.2) is 0 Å². The molecule has 0 aromatic rings. The van der Waals surface area contributed by atoms with Crippen LogP contribution in [0.3, 0.4) is 0 Å². The molecule has 2 atom stereocenters. The van der Waals surface area contributed by atoms with Crippen molar-refractivity contribution in [2.24, 2.45) is 11.8 Å². The van der Waals surface area contributed by atoms with Crippen LogP contribution >= 0.6 is 0 Å². The first-order valence-electron chi connectivity index (χ1n) is 8.39. The Labute approximate surface area is 127 Å². The van der Waals surface area contributed by atoms with Gasteiger partial charge in [0.25, 0.3) is 0 Å². The van der Waals surface area contributed by atoms with Gasteiger partial charge in [-0.1, -0.05) is 19.8 Å². The average Bonchev–Trinajstić information content (AvgIpc) is 2.52. The molecule has 120 valence electrons. The van der Waals surface area contributed by atoms with Crippen LogP contribution in [0.5, 0.6) is 0 Å². The molecule has 2 fully saturated rings. The van der Waals surface area contributed by atoms with Crippen molar-refractivity contribution >= 4 is 11.9 Å². The first-order valence-corrected chi connectivity index (χ1v) is 8.39. The van der Waals surface area contributed by atoms with Crippen LogP contribution in [0, 0.1) is 11.8 Å². The molecule has 2 N–H and O–H groups in total. The topological polar surface area (TPSA) is 69.6 Å². The summed E-state index contributed by atoms with van der Waals surface area (Å²) in [6.07, 6.45) is 6.19. The fraction of sp³-hybridized carbons (Fsp3) is 0.875. The summed E-state index contributed by atoms with van der Waals surface area (Å²) in [5.74, 6) is -1.49. The highest BCUT2D eigenvalue weighted by atomic mass is 16.4. The van der Waals surface area contributed by atoms with Crippen LogP contribution < -0.4 is 5.32 Å². The molecule has 5 nitrogen and oxygen atoms in total. The summed E-state index contributed by atoms with van der Waals surface area (Å²) in [4.78, 5) is 26.4. The van der Waals surface area contributed by atoms with Crippen molar-refractivity contribution in [2.45, 2.75) is 57.9 Å². The van der Waals surface area contributed by atoms with Crippen molar-refractivity contribution in [2.75, 3.05) is 19.6 Å². The number of nitrogens with one attached hydrogen (secondary N) is 1. The van der Waals surface area contributed by atoms with Crippen molar-refractivity contribution in [1.82, 2.24) is 10.2 Å². The Balaban J connectivity index is 2.09. The molecule has 1 saturated heterocycles. The highest BCUT2D eigenvalue weighted by Crippen LogP contribution is 2.32. The highest BCUT2D eigenvalue weighted by molar-refractivity contribution is 5.85. The summed E-state index contributed by atoms with van der Waals surface area (Å²) in [5, 5.41) is 12.7. The number of carboxylic acid groups (broad SMARTS) is 1. The molecule has 1 amide bonds. The second-order valence-corrected chi connectivity index (χ2v) is 6.35. The summed E-state index contributed by atoms with van der Waals surface area (Å²) >= 11 is 0. The van der Waals surface area contributed by atoms with Gasteiger partial charge in [-0.15, -0.1) is 0 Å².